The maximum Gasteiger partial charge on any atom is 0.421 e. The molecule has 2 aliphatic heterocycles. The molecule has 5 rings (SSSR count). The molecule has 2 aliphatic rings. The minimum absolute atomic E-state index is 0.00928. The number of benzene rings is 3. The molecule has 0 radical (unpaired) electrons. The van der Waals surface area contributed by atoms with E-state index < -0.39 is 45.8 Å². The first kappa shape index (κ1) is 36.9. The highest BCUT2D eigenvalue weighted by atomic mass is 35.5. The van der Waals surface area contributed by atoms with Crippen LogP contribution in [-0.2, 0) is 30.7 Å². The summed E-state index contributed by atoms with van der Waals surface area (Å²) in [6, 6.07) is 17.4. The molecule has 0 bridgehead atoms. The maximum atomic E-state index is 15.8. The number of halogens is 2. The molecule has 3 N–H and O–H groups in total. The van der Waals surface area contributed by atoms with Gasteiger partial charge in [-0.2, -0.15) is 4.31 Å². The number of carbonyl (C=O) groups is 2. The standard InChI is InChI=1S/C36H44ClFN4O6S/c1-3-48-36(44)41(35(43)34(39)33(26-18-20-47-21-19-26)25-12-14-27(37)15-13-25)32-11-7-10-31(38)30(32)17-16-28-23-40-22-24(2)42(28)49(45,46)29-8-5-4-6-9-29/h4-15,24,26,28,33-34,40H,3,16-23,39H2,1-2H3/t24-,28+,33+,34+/m1/s1. The number of piperazine rings is 1. The van der Waals surface area contributed by atoms with Crippen molar-refractivity contribution in [3.63, 3.8) is 0 Å². The Morgan fingerprint density at radius 1 is 1.06 bits per heavy atom. The average molecular weight is 715 g/mol. The van der Waals surface area contributed by atoms with Gasteiger partial charge >= 0.3 is 6.09 Å². The first-order valence-electron chi connectivity index (χ1n) is 16.7. The van der Waals surface area contributed by atoms with Crippen LogP contribution in [0.1, 0.15) is 50.2 Å². The average Bonchev–Trinajstić information content (AvgIpc) is 3.10. The van der Waals surface area contributed by atoms with E-state index in [0.29, 0.717) is 44.2 Å². The van der Waals surface area contributed by atoms with Crippen molar-refractivity contribution in [2.75, 3.05) is 37.8 Å². The number of rotatable bonds is 11. The van der Waals surface area contributed by atoms with E-state index in [4.69, 9.17) is 26.8 Å². The number of imide groups is 1. The van der Waals surface area contributed by atoms with Crippen LogP contribution in [0.2, 0.25) is 5.02 Å². The van der Waals surface area contributed by atoms with Crippen LogP contribution in [-0.4, -0.2) is 75.8 Å². The summed E-state index contributed by atoms with van der Waals surface area (Å²) in [7, 11) is -3.87. The van der Waals surface area contributed by atoms with Crippen molar-refractivity contribution in [2.24, 2.45) is 11.7 Å². The van der Waals surface area contributed by atoms with Gasteiger partial charge in [0.25, 0.3) is 5.91 Å². The fourth-order valence-corrected chi connectivity index (χ4v) is 9.01. The van der Waals surface area contributed by atoms with E-state index in [-0.39, 0.29) is 47.6 Å². The van der Waals surface area contributed by atoms with Crippen molar-refractivity contribution in [2.45, 2.75) is 68.5 Å². The molecule has 4 atom stereocenters. The van der Waals surface area contributed by atoms with Gasteiger partial charge in [-0.15, -0.1) is 0 Å². The van der Waals surface area contributed by atoms with Crippen LogP contribution in [0.15, 0.2) is 77.7 Å². The van der Waals surface area contributed by atoms with Gasteiger partial charge in [0.1, 0.15) is 5.82 Å². The minimum Gasteiger partial charge on any atom is -0.449 e. The van der Waals surface area contributed by atoms with Crippen molar-refractivity contribution in [3.8, 4) is 0 Å². The highest BCUT2D eigenvalue weighted by molar-refractivity contribution is 7.89. The fourth-order valence-electron chi connectivity index (χ4n) is 7.02. The zero-order valence-electron chi connectivity index (χ0n) is 27.8. The quantitative estimate of drug-likeness (QED) is 0.267. The Kier molecular flexibility index (Phi) is 12.5. The van der Waals surface area contributed by atoms with E-state index in [9.17, 15) is 18.0 Å². The van der Waals surface area contributed by atoms with Crippen LogP contribution < -0.4 is 16.0 Å². The molecule has 2 fully saturated rings. The number of sulfonamides is 1. The third-order valence-corrected chi connectivity index (χ3v) is 11.7. The largest absolute Gasteiger partial charge is 0.449 e. The summed E-state index contributed by atoms with van der Waals surface area (Å²) in [4.78, 5) is 29.1. The summed E-state index contributed by atoms with van der Waals surface area (Å²) in [5.41, 5.74) is 7.69. The Labute approximate surface area is 292 Å². The number of ether oxygens (including phenoxy) is 2. The summed E-state index contributed by atoms with van der Waals surface area (Å²) < 4.78 is 55.8. The predicted molar refractivity (Wildman–Crippen MR) is 187 cm³/mol. The molecule has 2 heterocycles. The van der Waals surface area contributed by atoms with Gasteiger partial charge in [-0.1, -0.05) is 48.0 Å². The van der Waals surface area contributed by atoms with Crippen molar-refractivity contribution in [1.29, 1.82) is 0 Å². The number of nitrogens with zero attached hydrogens (tertiary/aromatic N) is 2. The SMILES string of the molecule is CCOC(=O)N(C(=O)[C@@H](N)[C@@H](c1ccc(Cl)cc1)C1CCOCC1)c1cccc(F)c1CC[C@H]1CNC[C@@H](C)N1S(=O)(=O)c1ccccc1. The van der Waals surface area contributed by atoms with Crippen LogP contribution in [0.5, 0.6) is 0 Å². The fraction of sp³-hybridized carbons (Fsp3) is 0.444. The Morgan fingerprint density at radius 3 is 2.43 bits per heavy atom. The molecule has 2 amide bonds. The Balaban J connectivity index is 1.48. The second kappa shape index (κ2) is 16.5. The molecule has 3 aromatic carbocycles. The van der Waals surface area contributed by atoms with Crippen molar-refractivity contribution in [1.82, 2.24) is 9.62 Å². The number of hydrogen-bond acceptors (Lipinski definition) is 8. The molecule has 0 aliphatic carbocycles. The molecule has 49 heavy (non-hydrogen) atoms. The summed E-state index contributed by atoms with van der Waals surface area (Å²) in [6.07, 6.45) is 0.590. The smallest absolute Gasteiger partial charge is 0.421 e. The van der Waals surface area contributed by atoms with E-state index in [1.165, 1.54) is 22.5 Å². The molecule has 0 aromatic heterocycles. The van der Waals surface area contributed by atoms with E-state index in [1.807, 2.05) is 19.1 Å². The van der Waals surface area contributed by atoms with Crippen LogP contribution in [0, 0.1) is 11.7 Å². The van der Waals surface area contributed by atoms with Gasteiger partial charge in [-0.25, -0.2) is 22.5 Å². The van der Waals surface area contributed by atoms with Crippen LogP contribution in [0.3, 0.4) is 0 Å². The third-order valence-electron chi connectivity index (χ3n) is 9.37. The van der Waals surface area contributed by atoms with Crippen LogP contribution in [0.4, 0.5) is 14.9 Å². The highest BCUT2D eigenvalue weighted by Crippen LogP contribution is 2.37. The first-order chi connectivity index (χ1) is 23.5. The highest BCUT2D eigenvalue weighted by Gasteiger charge is 2.41. The Morgan fingerprint density at radius 2 is 1.76 bits per heavy atom. The second-order valence-electron chi connectivity index (χ2n) is 12.5. The van der Waals surface area contributed by atoms with Crippen molar-refractivity contribution >= 4 is 39.3 Å². The van der Waals surface area contributed by atoms with Gasteiger partial charge in [0, 0.05) is 54.9 Å². The monoisotopic (exact) mass is 714 g/mol. The Hall–Kier alpha value is -3.39. The summed E-state index contributed by atoms with van der Waals surface area (Å²) in [5.74, 6) is -1.89. The van der Waals surface area contributed by atoms with E-state index in [2.05, 4.69) is 5.32 Å². The lowest BCUT2D eigenvalue weighted by Gasteiger charge is -2.40. The van der Waals surface area contributed by atoms with Crippen molar-refractivity contribution in [3.05, 3.63) is 94.8 Å². The van der Waals surface area contributed by atoms with Gasteiger partial charge < -0.3 is 20.5 Å². The van der Waals surface area contributed by atoms with E-state index in [1.54, 1.807) is 49.4 Å². The maximum absolute atomic E-state index is 15.8. The molecular formula is C36H44ClFN4O6S. The minimum atomic E-state index is -3.87. The number of anilines is 1. The van der Waals surface area contributed by atoms with E-state index >= 15 is 4.39 Å². The van der Waals surface area contributed by atoms with Crippen LogP contribution >= 0.6 is 11.6 Å². The zero-order valence-corrected chi connectivity index (χ0v) is 29.3. The second-order valence-corrected chi connectivity index (χ2v) is 14.8. The number of hydrogen-bond donors (Lipinski definition) is 2. The molecule has 13 heteroatoms. The molecule has 0 spiro atoms. The molecule has 0 unspecified atom stereocenters. The first-order valence-corrected chi connectivity index (χ1v) is 18.5. The Bertz CT molecular complexity index is 1690. The summed E-state index contributed by atoms with van der Waals surface area (Å²) in [5, 5.41) is 3.82. The van der Waals surface area contributed by atoms with Gasteiger partial charge in [0.15, 0.2) is 0 Å². The molecule has 2 saturated heterocycles. The normalized spacial score (nSPS) is 20.3. The van der Waals surface area contributed by atoms with Crippen LogP contribution in [0.25, 0.3) is 0 Å². The van der Waals surface area contributed by atoms with Gasteiger partial charge in [0.2, 0.25) is 10.0 Å². The third kappa shape index (κ3) is 8.33. The van der Waals surface area contributed by atoms with Gasteiger partial charge in [0.05, 0.1) is 23.2 Å². The number of nitrogens with two attached hydrogens (primary N) is 1. The lowest BCUT2D eigenvalue weighted by atomic mass is 9.76. The lowest BCUT2D eigenvalue weighted by molar-refractivity contribution is -0.120. The van der Waals surface area contributed by atoms with E-state index in [0.717, 1.165) is 10.5 Å². The van der Waals surface area contributed by atoms with Crippen molar-refractivity contribution < 1.29 is 31.9 Å². The number of nitrogens with one attached hydrogen (secondary N) is 1. The molecular weight excluding hydrogens is 671 g/mol. The number of amides is 2. The lowest BCUT2D eigenvalue weighted by Crippen LogP contribution is -2.58. The number of carbonyl (C=O) groups excluding carboxylic acids is 2. The molecule has 3 aromatic rings. The predicted octanol–water partition coefficient (Wildman–Crippen LogP) is 5.49. The summed E-state index contributed by atoms with van der Waals surface area (Å²) >= 11 is 6.18. The van der Waals surface area contributed by atoms with Gasteiger partial charge in [-0.05, 0) is 87.4 Å². The van der Waals surface area contributed by atoms with Gasteiger partial charge in [-0.3, -0.25) is 4.79 Å². The summed E-state index contributed by atoms with van der Waals surface area (Å²) in [6.45, 7) is 5.24. The molecule has 264 valence electrons. The zero-order chi connectivity index (χ0) is 35.1. The molecule has 10 nitrogen and oxygen atoms in total. The topological polar surface area (TPSA) is 131 Å². The molecule has 0 saturated carbocycles.